The molecule has 1 heterocycles. The lowest BCUT2D eigenvalue weighted by molar-refractivity contribution is -0.386. The fraction of sp³-hybridized carbons (Fsp3) is 0.786. The van der Waals surface area contributed by atoms with Crippen LogP contribution in [0, 0.1) is 10.1 Å². The molecule has 0 amide bonds. The summed E-state index contributed by atoms with van der Waals surface area (Å²) in [6, 6.07) is 0.188. The molecule has 0 fully saturated rings. The van der Waals surface area contributed by atoms with Crippen LogP contribution in [0.4, 0.5) is 5.69 Å². The van der Waals surface area contributed by atoms with Crippen LogP contribution in [0.25, 0.3) is 0 Å². The van der Waals surface area contributed by atoms with E-state index in [4.69, 9.17) is 0 Å². The fourth-order valence-electron chi connectivity index (χ4n) is 2.85. The first kappa shape index (κ1) is 16.6. The molecule has 1 aromatic rings. The van der Waals surface area contributed by atoms with Crippen molar-refractivity contribution in [2.24, 2.45) is 7.05 Å². The Morgan fingerprint density at radius 3 is 2.50 bits per heavy atom. The Morgan fingerprint density at radius 2 is 2.05 bits per heavy atom. The summed E-state index contributed by atoms with van der Waals surface area (Å²) < 4.78 is 1.70. The Labute approximate surface area is 120 Å². The van der Waals surface area contributed by atoms with Crippen molar-refractivity contribution in [3.63, 3.8) is 0 Å². The third kappa shape index (κ3) is 3.36. The van der Waals surface area contributed by atoms with Gasteiger partial charge in [0.1, 0.15) is 11.4 Å². The molecule has 2 atom stereocenters. The molecule has 1 N–H and O–H groups in total. The van der Waals surface area contributed by atoms with Gasteiger partial charge in [0, 0.05) is 19.0 Å². The summed E-state index contributed by atoms with van der Waals surface area (Å²) in [5.41, 5.74) is 1.57. The standard InChI is InChI=1S/C14H26N4O2/c1-6-9-12-14(18(19)20)13(17(5)16-12)11(7-2)10(4)15-8-3/h10-11,15H,6-9H2,1-5H3. The molecule has 0 spiro atoms. The predicted octanol–water partition coefficient (Wildman–Crippen LogP) is 2.77. The zero-order valence-corrected chi connectivity index (χ0v) is 13.1. The number of likely N-dealkylation sites (N-methyl/N-ethyl adjacent to an activating group) is 1. The van der Waals surface area contributed by atoms with Gasteiger partial charge in [-0.1, -0.05) is 27.2 Å². The Morgan fingerprint density at radius 1 is 1.40 bits per heavy atom. The van der Waals surface area contributed by atoms with Gasteiger partial charge in [-0.05, 0) is 26.3 Å². The molecular formula is C14H26N4O2. The monoisotopic (exact) mass is 282 g/mol. The average molecular weight is 282 g/mol. The van der Waals surface area contributed by atoms with Crippen molar-refractivity contribution in [2.45, 2.75) is 58.9 Å². The van der Waals surface area contributed by atoms with Crippen molar-refractivity contribution in [3.8, 4) is 0 Å². The van der Waals surface area contributed by atoms with E-state index in [9.17, 15) is 10.1 Å². The first-order valence-electron chi connectivity index (χ1n) is 7.41. The number of rotatable bonds is 8. The second-order valence-electron chi connectivity index (χ2n) is 5.17. The molecule has 6 nitrogen and oxygen atoms in total. The normalized spacial score (nSPS) is 14.2. The number of aryl methyl sites for hydroxylation is 2. The Bertz CT molecular complexity index is 456. The summed E-state index contributed by atoms with van der Waals surface area (Å²) in [6.07, 6.45) is 2.35. The molecule has 1 rings (SSSR count). The number of aromatic nitrogens is 2. The molecule has 20 heavy (non-hydrogen) atoms. The van der Waals surface area contributed by atoms with Crippen LogP contribution in [0.5, 0.6) is 0 Å². The van der Waals surface area contributed by atoms with Crippen molar-refractivity contribution in [1.29, 1.82) is 0 Å². The molecule has 0 saturated carbocycles. The first-order chi connectivity index (χ1) is 9.47. The van der Waals surface area contributed by atoms with Crippen LogP contribution in [-0.2, 0) is 13.5 Å². The van der Waals surface area contributed by atoms with Crippen molar-refractivity contribution >= 4 is 5.69 Å². The lowest BCUT2D eigenvalue weighted by Gasteiger charge is -2.23. The van der Waals surface area contributed by atoms with Gasteiger partial charge < -0.3 is 5.32 Å². The third-order valence-electron chi connectivity index (χ3n) is 3.73. The van der Waals surface area contributed by atoms with Gasteiger partial charge in [-0.15, -0.1) is 0 Å². The molecule has 0 aliphatic rings. The quantitative estimate of drug-likeness (QED) is 0.588. The summed E-state index contributed by atoms with van der Waals surface area (Å²) in [5, 5.41) is 19.2. The molecule has 0 radical (unpaired) electrons. The molecule has 114 valence electrons. The summed E-state index contributed by atoms with van der Waals surface area (Å²) >= 11 is 0. The van der Waals surface area contributed by atoms with Gasteiger partial charge in [0.25, 0.3) is 0 Å². The summed E-state index contributed by atoms with van der Waals surface area (Å²) in [4.78, 5) is 11.2. The zero-order chi connectivity index (χ0) is 15.3. The molecular weight excluding hydrogens is 256 g/mol. The maximum absolute atomic E-state index is 11.5. The van der Waals surface area contributed by atoms with Crippen molar-refractivity contribution in [2.75, 3.05) is 6.54 Å². The van der Waals surface area contributed by atoms with Gasteiger partial charge in [-0.3, -0.25) is 14.8 Å². The van der Waals surface area contributed by atoms with Crippen LogP contribution in [0.3, 0.4) is 0 Å². The lowest BCUT2D eigenvalue weighted by atomic mass is 9.92. The highest BCUT2D eigenvalue weighted by Gasteiger charge is 2.32. The molecule has 6 heteroatoms. The minimum absolute atomic E-state index is 0.0958. The minimum atomic E-state index is -0.269. The van der Waals surface area contributed by atoms with E-state index in [1.807, 2.05) is 20.9 Å². The lowest BCUT2D eigenvalue weighted by Crippen LogP contribution is -2.33. The van der Waals surface area contributed by atoms with E-state index < -0.39 is 0 Å². The Balaban J connectivity index is 3.29. The third-order valence-corrected chi connectivity index (χ3v) is 3.73. The van der Waals surface area contributed by atoms with Crippen molar-refractivity contribution in [1.82, 2.24) is 15.1 Å². The SMILES string of the molecule is CCCc1nn(C)c(C(CC)C(C)NCC)c1[N+](=O)[O-]. The van der Waals surface area contributed by atoms with Gasteiger partial charge in [0.05, 0.1) is 4.92 Å². The van der Waals surface area contributed by atoms with Crippen LogP contribution in [0.2, 0.25) is 0 Å². The largest absolute Gasteiger partial charge is 0.314 e. The van der Waals surface area contributed by atoms with E-state index in [0.717, 1.165) is 25.1 Å². The van der Waals surface area contributed by atoms with Crippen molar-refractivity contribution in [3.05, 3.63) is 21.5 Å². The molecule has 1 aromatic heterocycles. The first-order valence-corrected chi connectivity index (χ1v) is 7.41. The van der Waals surface area contributed by atoms with Crippen LogP contribution in [0.1, 0.15) is 57.8 Å². The van der Waals surface area contributed by atoms with Crippen LogP contribution < -0.4 is 5.32 Å². The van der Waals surface area contributed by atoms with Gasteiger partial charge in [-0.25, -0.2) is 0 Å². The second kappa shape index (κ2) is 7.38. The number of nitrogens with one attached hydrogen (secondary N) is 1. The number of nitro groups is 1. The fourth-order valence-corrected chi connectivity index (χ4v) is 2.85. The molecule has 0 aliphatic carbocycles. The van der Waals surface area contributed by atoms with Crippen LogP contribution in [-0.4, -0.2) is 27.3 Å². The van der Waals surface area contributed by atoms with Gasteiger partial charge in [0.15, 0.2) is 0 Å². The highest BCUT2D eigenvalue weighted by molar-refractivity contribution is 5.44. The van der Waals surface area contributed by atoms with Gasteiger partial charge in [0.2, 0.25) is 0 Å². The highest BCUT2D eigenvalue weighted by atomic mass is 16.6. The second-order valence-corrected chi connectivity index (χ2v) is 5.17. The van der Waals surface area contributed by atoms with E-state index in [-0.39, 0.29) is 22.6 Å². The number of hydrogen-bond donors (Lipinski definition) is 1. The molecule has 2 unspecified atom stereocenters. The smallest absolute Gasteiger partial charge is 0.313 e. The molecule has 0 aliphatic heterocycles. The summed E-state index contributed by atoms with van der Waals surface area (Å²) in [7, 11) is 1.81. The Kier molecular flexibility index (Phi) is 6.13. The van der Waals surface area contributed by atoms with Crippen LogP contribution >= 0.6 is 0 Å². The van der Waals surface area contributed by atoms with E-state index >= 15 is 0 Å². The summed E-state index contributed by atoms with van der Waals surface area (Å²) in [5.74, 6) is 0.0958. The molecule has 0 bridgehead atoms. The van der Waals surface area contributed by atoms with Gasteiger partial charge in [-0.2, -0.15) is 5.10 Å². The van der Waals surface area contributed by atoms with E-state index in [1.54, 1.807) is 4.68 Å². The zero-order valence-electron chi connectivity index (χ0n) is 13.1. The highest BCUT2D eigenvalue weighted by Crippen LogP contribution is 2.34. The van der Waals surface area contributed by atoms with E-state index in [0.29, 0.717) is 12.1 Å². The average Bonchev–Trinajstić information content (AvgIpc) is 2.68. The predicted molar refractivity (Wildman–Crippen MR) is 80.0 cm³/mol. The molecule has 0 aromatic carbocycles. The maximum atomic E-state index is 11.5. The summed E-state index contributed by atoms with van der Waals surface area (Å²) in [6.45, 7) is 9.05. The Hall–Kier alpha value is -1.43. The molecule has 0 saturated heterocycles. The van der Waals surface area contributed by atoms with E-state index in [1.165, 1.54) is 0 Å². The van der Waals surface area contributed by atoms with E-state index in [2.05, 4.69) is 24.3 Å². The minimum Gasteiger partial charge on any atom is -0.314 e. The van der Waals surface area contributed by atoms with Crippen molar-refractivity contribution < 1.29 is 4.92 Å². The maximum Gasteiger partial charge on any atom is 0.313 e. The topological polar surface area (TPSA) is 73.0 Å². The van der Waals surface area contributed by atoms with Gasteiger partial charge >= 0.3 is 5.69 Å². The number of hydrogen-bond acceptors (Lipinski definition) is 4. The van der Waals surface area contributed by atoms with Crippen LogP contribution in [0.15, 0.2) is 0 Å². The number of nitrogens with zero attached hydrogens (tertiary/aromatic N) is 3.